The monoisotopic (exact) mass is 380 g/mol. The number of rotatable bonds is 5. The molecular formula is C21H21ClN4O. The molecule has 1 aromatic carbocycles. The van der Waals surface area contributed by atoms with Crippen molar-refractivity contribution >= 4 is 24.0 Å². The van der Waals surface area contributed by atoms with E-state index >= 15 is 0 Å². The van der Waals surface area contributed by atoms with E-state index in [1.807, 2.05) is 24.3 Å². The van der Waals surface area contributed by atoms with Gasteiger partial charge < -0.3 is 5.32 Å². The average Bonchev–Trinajstić information content (AvgIpc) is 3.61. The van der Waals surface area contributed by atoms with Gasteiger partial charge >= 0.3 is 0 Å². The summed E-state index contributed by atoms with van der Waals surface area (Å²) in [5.74, 6) is 1.18. The minimum absolute atomic E-state index is 0. The first-order valence-electron chi connectivity index (χ1n) is 9.19. The zero-order valence-electron chi connectivity index (χ0n) is 14.8. The Morgan fingerprint density at radius 1 is 0.963 bits per heavy atom. The van der Waals surface area contributed by atoms with Gasteiger partial charge in [0, 0.05) is 41.2 Å². The first kappa shape index (κ1) is 17.7. The molecule has 2 fully saturated rings. The quantitative estimate of drug-likeness (QED) is 0.698. The van der Waals surface area contributed by atoms with Crippen molar-refractivity contribution in [2.24, 2.45) is 0 Å². The first-order chi connectivity index (χ1) is 12.8. The van der Waals surface area contributed by atoms with Crippen molar-refractivity contribution in [3.05, 3.63) is 71.8 Å². The molecule has 0 bridgehead atoms. The molecule has 6 heteroatoms. The number of aromatic nitrogens is 3. The number of hydrogen-bond donors (Lipinski definition) is 1. The SMILES string of the molecule is Cl.O=C(Nc1ccc(-n2nc(C3CC3)cc2C2CC2)cc1)c1ccncc1. The largest absolute Gasteiger partial charge is 0.322 e. The van der Waals surface area contributed by atoms with Gasteiger partial charge in [-0.15, -0.1) is 12.4 Å². The Bertz CT molecular complexity index is 944. The maximum atomic E-state index is 12.2. The van der Waals surface area contributed by atoms with Crippen molar-refractivity contribution in [2.75, 3.05) is 5.32 Å². The number of carbonyl (C=O) groups is 1. The van der Waals surface area contributed by atoms with E-state index in [0.717, 1.165) is 11.4 Å². The summed E-state index contributed by atoms with van der Waals surface area (Å²) in [5.41, 5.74) is 5.00. The molecule has 2 aliphatic rings. The van der Waals surface area contributed by atoms with Gasteiger partial charge in [0.2, 0.25) is 0 Å². The van der Waals surface area contributed by atoms with Crippen LogP contribution in [0.1, 0.15) is 59.3 Å². The molecule has 27 heavy (non-hydrogen) atoms. The van der Waals surface area contributed by atoms with Crippen LogP contribution in [0.15, 0.2) is 54.9 Å². The Morgan fingerprint density at radius 2 is 1.63 bits per heavy atom. The predicted octanol–water partition coefficient (Wildman–Crippen LogP) is 4.70. The molecule has 1 amide bonds. The van der Waals surface area contributed by atoms with Crippen LogP contribution in [-0.4, -0.2) is 20.7 Å². The van der Waals surface area contributed by atoms with Crippen LogP contribution in [0.3, 0.4) is 0 Å². The number of halogens is 1. The van der Waals surface area contributed by atoms with E-state index in [9.17, 15) is 4.79 Å². The lowest BCUT2D eigenvalue weighted by atomic mass is 10.2. The highest BCUT2D eigenvalue weighted by Gasteiger charge is 2.32. The molecule has 5 nitrogen and oxygen atoms in total. The van der Waals surface area contributed by atoms with Gasteiger partial charge in [-0.3, -0.25) is 9.78 Å². The summed E-state index contributed by atoms with van der Waals surface area (Å²) >= 11 is 0. The second kappa shape index (κ2) is 7.16. The first-order valence-corrected chi connectivity index (χ1v) is 9.19. The molecule has 3 aromatic rings. The minimum atomic E-state index is -0.131. The van der Waals surface area contributed by atoms with Gasteiger partial charge in [0.05, 0.1) is 11.4 Å². The van der Waals surface area contributed by atoms with Crippen molar-refractivity contribution in [1.29, 1.82) is 0 Å². The normalized spacial score (nSPS) is 15.9. The fourth-order valence-corrected chi connectivity index (χ4v) is 3.26. The molecule has 0 aliphatic heterocycles. The predicted molar refractivity (Wildman–Crippen MR) is 107 cm³/mol. The van der Waals surface area contributed by atoms with Gasteiger partial charge in [-0.1, -0.05) is 0 Å². The fourth-order valence-electron chi connectivity index (χ4n) is 3.26. The van der Waals surface area contributed by atoms with Crippen molar-refractivity contribution in [1.82, 2.24) is 14.8 Å². The molecule has 0 atom stereocenters. The van der Waals surface area contributed by atoms with Gasteiger partial charge in [0.25, 0.3) is 5.91 Å². The third-order valence-electron chi connectivity index (χ3n) is 5.06. The van der Waals surface area contributed by atoms with Gasteiger partial charge in [-0.2, -0.15) is 5.10 Å². The highest BCUT2D eigenvalue weighted by atomic mass is 35.5. The van der Waals surface area contributed by atoms with Gasteiger partial charge in [0.15, 0.2) is 0 Å². The van der Waals surface area contributed by atoms with E-state index in [4.69, 9.17) is 5.10 Å². The second-order valence-electron chi connectivity index (χ2n) is 7.19. The van der Waals surface area contributed by atoms with Crippen LogP contribution in [0.25, 0.3) is 5.69 Å². The van der Waals surface area contributed by atoms with Crippen molar-refractivity contribution in [3.63, 3.8) is 0 Å². The number of nitrogens with one attached hydrogen (secondary N) is 1. The molecule has 2 saturated carbocycles. The Morgan fingerprint density at radius 3 is 2.26 bits per heavy atom. The number of amides is 1. The summed E-state index contributed by atoms with van der Waals surface area (Å²) < 4.78 is 2.10. The Hall–Kier alpha value is -2.66. The molecule has 138 valence electrons. The Balaban J connectivity index is 0.00000180. The number of carbonyl (C=O) groups excluding carboxylic acids is 1. The molecule has 2 aromatic heterocycles. The van der Waals surface area contributed by atoms with E-state index in [2.05, 4.69) is 21.0 Å². The van der Waals surface area contributed by atoms with Crippen LogP contribution in [0.4, 0.5) is 5.69 Å². The Labute approximate surface area is 164 Å². The van der Waals surface area contributed by atoms with E-state index in [-0.39, 0.29) is 18.3 Å². The van der Waals surface area contributed by atoms with Crippen molar-refractivity contribution in [3.8, 4) is 5.69 Å². The molecule has 1 N–H and O–H groups in total. The summed E-state index contributed by atoms with van der Waals surface area (Å²) in [6.07, 6.45) is 8.28. The summed E-state index contributed by atoms with van der Waals surface area (Å²) in [5, 5.41) is 7.79. The number of pyridine rings is 1. The lowest BCUT2D eigenvalue weighted by Gasteiger charge is -2.09. The number of benzene rings is 1. The number of nitrogens with zero attached hydrogens (tertiary/aromatic N) is 3. The third-order valence-corrected chi connectivity index (χ3v) is 5.06. The van der Waals surface area contributed by atoms with E-state index in [0.29, 0.717) is 17.4 Å². The second-order valence-corrected chi connectivity index (χ2v) is 7.19. The fraction of sp³-hybridized carbons (Fsp3) is 0.286. The number of anilines is 1. The molecule has 0 saturated heterocycles. The maximum absolute atomic E-state index is 12.2. The molecule has 2 heterocycles. The van der Waals surface area contributed by atoms with Crippen LogP contribution < -0.4 is 5.32 Å². The summed E-state index contributed by atoms with van der Waals surface area (Å²) in [6, 6.07) is 13.6. The summed E-state index contributed by atoms with van der Waals surface area (Å²) in [4.78, 5) is 16.2. The van der Waals surface area contributed by atoms with Crippen molar-refractivity contribution < 1.29 is 4.79 Å². The number of hydrogen-bond acceptors (Lipinski definition) is 3. The standard InChI is InChI=1S/C21H20N4O.ClH/c26-21(16-9-11-22-12-10-16)23-17-5-7-18(8-6-17)25-20(15-3-4-15)13-19(24-25)14-1-2-14;/h5-15H,1-4H2,(H,23,26);1H. The van der Waals surface area contributed by atoms with E-state index in [1.54, 1.807) is 24.5 Å². The van der Waals surface area contributed by atoms with E-state index in [1.165, 1.54) is 37.1 Å². The zero-order chi connectivity index (χ0) is 17.5. The van der Waals surface area contributed by atoms with Gasteiger partial charge in [0.1, 0.15) is 0 Å². The van der Waals surface area contributed by atoms with Crippen molar-refractivity contribution in [2.45, 2.75) is 37.5 Å². The minimum Gasteiger partial charge on any atom is -0.322 e. The molecule has 2 aliphatic carbocycles. The van der Waals surface area contributed by atoms with Gasteiger partial charge in [-0.05, 0) is 68.1 Å². The summed E-state index contributed by atoms with van der Waals surface area (Å²) in [7, 11) is 0. The summed E-state index contributed by atoms with van der Waals surface area (Å²) in [6.45, 7) is 0. The van der Waals surface area contributed by atoms with Crippen LogP contribution in [0, 0.1) is 0 Å². The van der Waals surface area contributed by atoms with Crippen LogP contribution >= 0.6 is 12.4 Å². The molecule has 0 spiro atoms. The smallest absolute Gasteiger partial charge is 0.255 e. The van der Waals surface area contributed by atoms with Crippen LogP contribution in [0.2, 0.25) is 0 Å². The lowest BCUT2D eigenvalue weighted by molar-refractivity contribution is 0.102. The maximum Gasteiger partial charge on any atom is 0.255 e. The van der Waals surface area contributed by atoms with Crippen LogP contribution in [-0.2, 0) is 0 Å². The molecular weight excluding hydrogens is 360 g/mol. The molecule has 0 radical (unpaired) electrons. The van der Waals surface area contributed by atoms with E-state index < -0.39 is 0 Å². The van der Waals surface area contributed by atoms with Gasteiger partial charge in [-0.25, -0.2) is 4.68 Å². The molecule has 5 rings (SSSR count). The zero-order valence-corrected chi connectivity index (χ0v) is 15.7. The highest BCUT2D eigenvalue weighted by molar-refractivity contribution is 6.04. The lowest BCUT2D eigenvalue weighted by Crippen LogP contribution is -2.11. The Kier molecular flexibility index (Phi) is 4.70. The highest BCUT2D eigenvalue weighted by Crippen LogP contribution is 2.45. The topological polar surface area (TPSA) is 59.8 Å². The third kappa shape index (κ3) is 3.74. The average molecular weight is 381 g/mol. The van der Waals surface area contributed by atoms with Crippen LogP contribution in [0.5, 0.6) is 0 Å². The molecule has 0 unspecified atom stereocenters.